The van der Waals surface area contributed by atoms with Crippen LogP contribution in [-0.2, 0) is 0 Å². The number of carbonyl (C=O) groups excluding carboxylic acids is 1. The molecule has 0 atom stereocenters. The molecular weight excluding hydrogens is 562 g/mol. The molecule has 0 aromatic heterocycles. The normalized spacial score (nSPS) is 14.6. The first-order chi connectivity index (χ1) is 20.3. The molecule has 1 saturated carbocycles. The Labute approximate surface area is 254 Å². The van der Waals surface area contributed by atoms with Crippen LogP contribution >= 0.6 is 0 Å². The second-order valence-electron chi connectivity index (χ2n) is 11.5. The van der Waals surface area contributed by atoms with Gasteiger partial charge in [0.05, 0.1) is 7.11 Å². The molecule has 2 aromatic rings. The zero-order valence-corrected chi connectivity index (χ0v) is 26.6. The smallest absolute Gasteiger partial charge is 0.387 e. The van der Waals surface area contributed by atoms with Crippen LogP contribution in [0.4, 0.5) is 17.6 Å². The lowest BCUT2D eigenvalue weighted by atomic mass is 9.95. The molecule has 1 amide bonds. The number of benzene rings is 2. The fourth-order valence-electron chi connectivity index (χ4n) is 5.38. The van der Waals surface area contributed by atoms with Gasteiger partial charge in [-0.05, 0) is 84.2 Å². The summed E-state index contributed by atoms with van der Waals surface area (Å²) < 4.78 is 60.8. The maximum Gasteiger partial charge on any atom is 0.387 e. The number of hydrogen-bond acceptors (Lipinski definition) is 5. The SMILES string of the molecule is CCCCN(C)CC1(N(C)C)CCCC1.COc1cc(C(=O)N(C)C/C(C)=C/c2ccc(F)cc2F)ccc1OC(F)F. The van der Waals surface area contributed by atoms with Gasteiger partial charge in [0.2, 0.25) is 0 Å². The zero-order valence-electron chi connectivity index (χ0n) is 26.6. The van der Waals surface area contributed by atoms with Crippen molar-refractivity contribution in [3.8, 4) is 11.5 Å². The Morgan fingerprint density at radius 1 is 1.02 bits per heavy atom. The lowest BCUT2D eigenvalue weighted by Gasteiger charge is -2.39. The maximum atomic E-state index is 13.7. The molecule has 10 heteroatoms. The van der Waals surface area contributed by atoms with Crippen LogP contribution in [0.1, 0.15) is 68.3 Å². The predicted molar refractivity (Wildman–Crippen MR) is 164 cm³/mol. The van der Waals surface area contributed by atoms with E-state index >= 15 is 0 Å². The number of nitrogens with zero attached hydrogens (tertiary/aromatic N) is 3. The minimum absolute atomic E-state index is 0.000183. The highest BCUT2D eigenvalue weighted by atomic mass is 19.3. The molecule has 43 heavy (non-hydrogen) atoms. The van der Waals surface area contributed by atoms with Crippen LogP contribution in [0.5, 0.6) is 11.5 Å². The van der Waals surface area contributed by atoms with Gasteiger partial charge >= 0.3 is 6.61 Å². The van der Waals surface area contributed by atoms with Gasteiger partial charge in [-0.15, -0.1) is 0 Å². The first-order valence-electron chi connectivity index (χ1n) is 14.7. The monoisotopic (exact) mass is 609 g/mol. The average Bonchev–Trinajstić information content (AvgIpc) is 3.43. The number of amides is 1. The minimum atomic E-state index is -3.02. The van der Waals surface area contributed by atoms with Crippen molar-refractivity contribution >= 4 is 12.0 Å². The van der Waals surface area contributed by atoms with Gasteiger partial charge in [-0.2, -0.15) is 8.78 Å². The van der Waals surface area contributed by atoms with Crippen LogP contribution in [0.25, 0.3) is 6.08 Å². The van der Waals surface area contributed by atoms with Crippen molar-refractivity contribution in [2.24, 2.45) is 0 Å². The van der Waals surface area contributed by atoms with Gasteiger partial charge in [-0.1, -0.05) is 37.8 Å². The van der Waals surface area contributed by atoms with Gasteiger partial charge in [0.25, 0.3) is 5.91 Å². The van der Waals surface area contributed by atoms with E-state index in [4.69, 9.17) is 4.74 Å². The van der Waals surface area contributed by atoms with Gasteiger partial charge in [0.15, 0.2) is 11.5 Å². The molecule has 6 nitrogen and oxygen atoms in total. The van der Waals surface area contributed by atoms with Crippen molar-refractivity contribution < 1.29 is 31.8 Å². The molecule has 0 bridgehead atoms. The average molecular weight is 610 g/mol. The van der Waals surface area contributed by atoms with Crippen LogP contribution < -0.4 is 9.47 Å². The number of likely N-dealkylation sites (N-methyl/N-ethyl adjacent to an activating group) is 3. The maximum absolute atomic E-state index is 13.7. The first-order valence-corrected chi connectivity index (χ1v) is 14.7. The van der Waals surface area contributed by atoms with Gasteiger partial charge in [-0.25, -0.2) is 8.78 Å². The largest absolute Gasteiger partial charge is 0.493 e. The molecule has 1 aliphatic rings. The number of alkyl halides is 2. The summed E-state index contributed by atoms with van der Waals surface area (Å²) in [6.45, 7) is 3.63. The van der Waals surface area contributed by atoms with Crippen molar-refractivity contribution in [3.05, 3.63) is 64.7 Å². The quantitative estimate of drug-likeness (QED) is 0.222. The summed E-state index contributed by atoms with van der Waals surface area (Å²) in [6, 6.07) is 7.11. The Kier molecular flexibility index (Phi) is 14.5. The van der Waals surface area contributed by atoms with Crippen LogP contribution in [0, 0.1) is 11.6 Å². The number of carbonyl (C=O) groups is 1. The summed E-state index contributed by atoms with van der Waals surface area (Å²) in [5.74, 6) is -1.95. The number of ether oxygens (including phenoxy) is 2. The van der Waals surface area contributed by atoms with Gasteiger partial charge < -0.3 is 24.2 Å². The molecule has 1 aliphatic carbocycles. The van der Waals surface area contributed by atoms with E-state index in [0.717, 1.165) is 12.1 Å². The van der Waals surface area contributed by atoms with Gasteiger partial charge in [0.1, 0.15) is 11.6 Å². The number of halogens is 4. The lowest BCUT2D eigenvalue weighted by molar-refractivity contribution is -0.0512. The molecule has 2 aromatic carbocycles. The van der Waals surface area contributed by atoms with E-state index in [1.165, 1.54) is 101 Å². The Balaban J connectivity index is 0.000000362. The lowest BCUT2D eigenvalue weighted by Crippen LogP contribution is -2.50. The van der Waals surface area contributed by atoms with Crippen LogP contribution in [0.3, 0.4) is 0 Å². The van der Waals surface area contributed by atoms with Gasteiger partial charge in [0, 0.05) is 42.9 Å². The second kappa shape index (κ2) is 17.3. The third kappa shape index (κ3) is 11.2. The Morgan fingerprint density at radius 2 is 1.70 bits per heavy atom. The van der Waals surface area contributed by atoms with Crippen molar-refractivity contribution in [1.82, 2.24) is 14.7 Å². The molecule has 0 saturated heterocycles. The van der Waals surface area contributed by atoms with Gasteiger partial charge in [-0.3, -0.25) is 4.79 Å². The molecule has 0 N–H and O–H groups in total. The topological polar surface area (TPSA) is 45.2 Å². The van der Waals surface area contributed by atoms with Crippen molar-refractivity contribution in [1.29, 1.82) is 0 Å². The summed E-state index contributed by atoms with van der Waals surface area (Å²) in [5, 5.41) is 0. The highest BCUT2D eigenvalue weighted by Gasteiger charge is 2.36. The van der Waals surface area contributed by atoms with E-state index in [2.05, 4.69) is 42.6 Å². The van der Waals surface area contributed by atoms with E-state index in [0.29, 0.717) is 11.1 Å². The molecule has 0 heterocycles. The third-order valence-electron chi connectivity index (χ3n) is 7.76. The van der Waals surface area contributed by atoms with E-state index in [1.807, 2.05) is 0 Å². The van der Waals surface area contributed by atoms with E-state index in [1.54, 1.807) is 6.92 Å². The van der Waals surface area contributed by atoms with E-state index in [-0.39, 0.29) is 29.2 Å². The molecular formula is C33H47F4N3O3. The Morgan fingerprint density at radius 3 is 2.26 bits per heavy atom. The summed E-state index contributed by atoms with van der Waals surface area (Å²) in [7, 11) is 9.59. The molecule has 0 unspecified atom stereocenters. The second-order valence-corrected chi connectivity index (χ2v) is 11.5. The highest BCUT2D eigenvalue weighted by Crippen LogP contribution is 2.34. The van der Waals surface area contributed by atoms with E-state index < -0.39 is 24.2 Å². The minimum Gasteiger partial charge on any atom is -0.493 e. The summed E-state index contributed by atoms with van der Waals surface area (Å²) in [5.41, 5.74) is 1.55. The molecule has 240 valence electrons. The van der Waals surface area contributed by atoms with Crippen LogP contribution in [0.15, 0.2) is 42.0 Å². The van der Waals surface area contributed by atoms with Crippen LogP contribution in [-0.4, -0.2) is 87.7 Å². The molecule has 0 aliphatic heterocycles. The van der Waals surface area contributed by atoms with Crippen molar-refractivity contribution in [2.75, 3.05) is 54.9 Å². The first kappa shape index (κ1) is 36.1. The molecule has 0 radical (unpaired) electrons. The summed E-state index contributed by atoms with van der Waals surface area (Å²) >= 11 is 0. The van der Waals surface area contributed by atoms with Crippen molar-refractivity contribution in [3.63, 3.8) is 0 Å². The predicted octanol–water partition coefficient (Wildman–Crippen LogP) is 7.34. The van der Waals surface area contributed by atoms with Crippen LogP contribution in [0.2, 0.25) is 0 Å². The number of unbranched alkanes of at least 4 members (excludes halogenated alkanes) is 1. The zero-order chi connectivity index (χ0) is 32.2. The summed E-state index contributed by atoms with van der Waals surface area (Å²) in [6.07, 6.45) is 9.75. The summed E-state index contributed by atoms with van der Waals surface area (Å²) in [4.78, 5) is 18.9. The number of hydrogen-bond donors (Lipinski definition) is 0. The van der Waals surface area contributed by atoms with Crippen molar-refractivity contribution in [2.45, 2.75) is 64.5 Å². The number of rotatable bonds is 13. The third-order valence-corrected chi connectivity index (χ3v) is 7.76. The number of methoxy groups -OCH3 is 1. The molecule has 1 fully saturated rings. The highest BCUT2D eigenvalue weighted by molar-refractivity contribution is 5.95. The molecule has 3 rings (SSSR count). The fourth-order valence-corrected chi connectivity index (χ4v) is 5.38. The Bertz CT molecular complexity index is 1200. The fraction of sp³-hybridized carbons (Fsp3) is 0.545. The Hall–Kier alpha value is -3.11. The standard InChI is InChI=1S/C20H19F4NO3.C13H28N2/c1-12(8-13-4-6-15(21)10-16(13)22)11-25(2)19(26)14-5-7-17(28-20(23)24)18(9-14)27-3;1-5-6-11-15(4)12-13(14(2)3)9-7-8-10-13/h4-10,20H,11H2,1-3H3;5-12H2,1-4H3/b12-8+;. The molecule has 0 spiro atoms. The van der Waals surface area contributed by atoms with E-state index in [9.17, 15) is 22.4 Å².